The summed E-state index contributed by atoms with van der Waals surface area (Å²) in [5.74, 6) is -0.446. The van der Waals surface area contributed by atoms with Crippen LogP contribution in [0.3, 0.4) is 0 Å². The normalized spacial score (nSPS) is 12.0. The number of fused-ring (bicyclic) bond motifs is 1. The van der Waals surface area contributed by atoms with Gasteiger partial charge in [-0.05, 0) is 46.5 Å². The van der Waals surface area contributed by atoms with Crippen molar-refractivity contribution in [3.63, 3.8) is 0 Å². The van der Waals surface area contributed by atoms with Gasteiger partial charge < -0.3 is 5.32 Å². The molecule has 0 spiro atoms. The third-order valence-corrected chi connectivity index (χ3v) is 6.72. The lowest BCUT2D eigenvalue weighted by atomic mass is 10.2. The Morgan fingerprint density at radius 1 is 1.17 bits per heavy atom. The third-order valence-electron chi connectivity index (χ3n) is 3.69. The molecule has 0 aliphatic heterocycles. The van der Waals surface area contributed by atoms with E-state index in [1.54, 1.807) is 6.26 Å². The number of rotatable bonds is 5. The standard InChI is InChI=1S/C15H10ClF5IN4PS.C2H6/c1-28-9-4-6(15(19,20)21)2-3-7(9)23-8-5-10(16)24-13-11(8)25-14(12(17)18)26(13)27-22;1-2/h2-5,12,27H,1H3,(H,23,24);1-2H3. The molecule has 1 aromatic carbocycles. The van der Waals surface area contributed by atoms with Gasteiger partial charge in [-0.1, -0.05) is 25.4 Å². The molecule has 0 radical (unpaired) electrons. The van der Waals surface area contributed by atoms with Crippen LogP contribution in [0.1, 0.15) is 31.7 Å². The van der Waals surface area contributed by atoms with Crippen LogP contribution in [0.15, 0.2) is 29.2 Å². The van der Waals surface area contributed by atoms with Crippen molar-refractivity contribution in [1.29, 1.82) is 0 Å². The highest BCUT2D eigenvalue weighted by atomic mass is 127. The number of pyridine rings is 1. The number of nitrogens with zero attached hydrogens (tertiary/aromatic N) is 3. The predicted octanol–water partition coefficient (Wildman–Crippen LogP) is 8.32. The number of anilines is 2. The molecular weight excluding hydrogens is 581 g/mol. The number of hydrogen-bond acceptors (Lipinski definition) is 4. The molecule has 164 valence electrons. The highest BCUT2D eigenvalue weighted by molar-refractivity contribution is 14.2. The van der Waals surface area contributed by atoms with E-state index in [9.17, 15) is 22.0 Å². The van der Waals surface area contributed by atoms with Crippen molar-refractivity contribution >= 4 is 74.3 Å². The number of benzene rings is 1. The van der Waals surface area contributed by atoms with E-state index in [1.165, 1.54) is 16.5 Å². The van der Waals surface area contributed by atoms with Crippen molar-refractivity contribution in [3.8, 4) is 0 Å². The average molecular weight is 597 g/mol. The van der Waals surface area contributed by atoms with Crippen LogP contribution in [-0.2, 0) is 6.18 Å². The van der Waals surface area contributed by atoms with Gasteiger partial charge in [-0.15, -0.1) is 11.8 Å². The number of thioether (sulfide) groups is 1. The first kappa shape index (κ1) is 25.4. The Hall–Kier alpha value is -0.910. The minimum absolute atomic E-state index is 0.0456. The van der Waals surface area contributed by atoms with Gasteiger partial charge in [-0.3, -0.25) is 4.34 Å². The van der Waals surface area contributed by atoms with Crippen LogP contribution in [0.5, 0.6) is 0 Å². The SMILES string of the molecule is CC.CSc1cc(C(F)(F)F)ccc1Nc1cc(Cl)nc2c1nc(C(F)F)n2PI. The quantitative estimate of drug-likeness (QED) is 0.106. The lowest BCUT2D eigenvalue weighted by Gasteiger charge is -2.14. The maximum atomic E-state index is 13.3. The zero-order valence-electron chi connectivity index (χ0n) is 15.8. The molecule has 0 amide bonds. The Kier molecular flexibility index (Phi) is 8.96. The van der Waals surface area contributed by atoms with Crippen molar-refractivity contribution in [2.45, 2.75) is 31.3 Å². The first-order valence-electron chi connectivity index (χ1n) is 8.41. The van der Waals surface area contributed by atoms with Crippen molar-refractivity contribution in [3.05, 3.63) is 40.8 Å². The van der Waals surface area contributed by atoms with Crippen molar-refractivity contribution in [2.24, 2.45) is 0 Å². The van der Waals surface area contributed by atoms with E-state index in [2.05, 4.69) is 15.3 Å². The van der Waals surface area contributed by atoms with Crippen molar-refractivity contribution in [1.82, 2.24) is 14.3 Å². The van der Waals surface area contributed by atoms with Crippen LogP contribution in [0.2, 0.25) is 5.15 Å². The van der Waals surface area contributed by atoms with Gasteiger partial charge in [0.25, 0.3) is 6.43 Å². The van der Waals surface area contributed by atoms with E-state index in [-0.39, 0.29) is 28.4 Å². The van der Waals surface area contributed by atoms with Crippen molar-refractivity contribution in [2.75, 3.05) is 11.6 Å². The molecule has 2 heterocycles. The molecule has 2 aromatic heterocycles. The number of hydrogen-bond donors (Lipinski definition) is 1. The van der Waals surface area contributed by atoms with E-state index in [0.29, 0.717) is 10.6 Å². The second-order valence-corrected chi connectivity index (χ2v) is 8.69. The summed E-state index contributed by atoms with van der Waals surface area (Å²) in [5.41, 5.74) is 0.205. The van der Waals surface area contributed by atoms with Crippen LogP contribution in [0.4, 0.5) is 33.3 Å². The number of imidazole rings is 1. The molecule has 0 fully saturated rings. The van der Waals surface area contributed by atoms with Crippen LogP contribution < -0.4 is 5.32 Å². The number of halogens is 7. The fourth-order valence-electron chi connectivity index (χ4n) is 2.47. The monoisotopic (exact) mass is 596 g/mol. The lowest BCUT2D eigenvalue weighted by Crippen LogP contribution is -2.05. The Bertz CT molecular complexity index is 1030. The molecule has 13 heteroatoms. The number of alkyl halides is 5. The van der Waals surface area contributed by atoms with Gasteiger partial charge in [0.1, 0.15) is 10.7 Å². The smallest absolute Gasteiger partial charge is 0.353 e. The molecule has 3 aromatic rings. The first-order chi connectivity index (χ1) is 14.2. The fourth-order valence-corrected chi connectivity index (χ4v) is 5.14. The summed E-state index contributed by atoms with van der Waals surface area (Å²) < 4.78 is 66.7. The zero-order valence-corrected chi connectivity index (χ0v) is 20.5. The molecule has 3 rings (SSSR count). The van der Waals surface area contributed by atoms with Gasteiger partial charge in [-0.2, -0.15) is 13.2 Å². The molecular formula is C17H16ClF5IN4PS. The van der Waals surface area contributed by atoms with Crippen LogP contribution in [0, 0.1) is 0 Å². The second kappa shape index (κ2) is 10.6. The molecule has 1 N–H and O–H groups in total. The Balaban J connectivity index is 0.00000155. The Morgan fingerprint density at radius 2 is 1.83 bits per heavy atom. The molecule has 1 atom stereocenters. The summed E-state index contributed by atoms with van der Waals surface area (Å²) in [6.07, 6.45) is -5.73. The van der Waals surface area contributed by atoms with E-state index in [1.807, 2.05) is 35.9 Å². The molecule has 0 saturated carbocycles. The van der Waals surface area contributed by atoms with Gasteiger partial charge >= 0.3 is 6.18 Å². The molecule has 30 heavy (non-hydrogen) atoms. The molecule has 0 saturated heterocycles. The highest BCUT2D eigenvalue weighted by Gasteiger charge is 2.31. The number of nitrogens with one attached hydrogen (secondary N) is 1. The minimum Gasteiger partial charge on any atom is -0.353 e. The summed E-state index contributed by atoms with van der Waals surface area (Å²) >= 11 is 9.08. The van der Waals surface area contributed by atoms with Crippen LogP contribution >= 0.6 is 51.8 Å². The maximum absolute atomic E-state index is 13.3. The second-order valence-electron chi connectivity index (χ2n) is 5.39. The molecule has 0 aliphatic rings. The minimum atomic E-state index is -4.47. The summed E-state index contributed by atoms with van der Waals surface area (Å²) in [6, 6.07) is 4.63. The summed E-state index contributed by atoms with van der Waals surface area (Å²) in [7, 11) is 0. The van der Waals surface area contributed by atoms with Gasteiger partial charge in [-0.25, -0.2) is 18.7 Å². The van der Waals surface area contributed by atoms with Crippen molar-refractivity contribution < 1.29 is 22.0 Å². The molecule has 1 unspecified atom stereocenters. The zero-order chi connectivity index (χ0) is 22.6. The first-order valence-corrected chi connectivity index (χ1v) is 14.1. The van der Waals surface area contributed by atoms with Crippen LogP contribution in [-0.4, -0.2) is 20.6 Å². The molecule has 4 nitrogen and oxygen atoms in total. The Morgan fingerprint density at radius 3 is 2.37 bits per heavy atom. The van der Waals surface area contributed by atoms with E-state index < -0.39 is 24.0 Å². The van der Waals surface area contributed by atoms with E-state index >= 15 is 0 Å². The Labute approximate surface area is 193 Å². The molecule has 0 aliphatic carbocycles. The lowest BCUT2D eigenvalue weighted by molar-refractivity contribution is -0.137. The summed E-state index contributed by atoms with van der Waals surface area (Å²) in [6.45, 7) is 4.00. The van der Waals surface area contributed by atoms with E-state index in [0.717, 1.165) is 23.9 Å². The van der Waals surface area contributed by atoms with E-state index in [4.69, 9.17) is 11.6 Å². The summed E-state index contributed by atoms with van der Waals surface area (Å²) in [5, 5.41) is 3.00. The van der Waals surface area contributed by atoms with Gasteiger partial charge in [0.2, 0.25) is 0 Å². The average Bonchev–Trinajstić information content (AvgIpc) is 3.07. The third kappa shape index (κ3) is 5.46. The topological polar surface area (TPSA) is 42.7 Å². The van der Waals surface area contributed by atoms with Crippen LogP contribution in [0.25, 0.3) is 11.2 Å². The number of aromatic nitrogens is 3. The predicted molar refractivity (Wildman–Crippen MR) is 123 cm³/mol. The summed E-state index contributed by atoms with van der Waals surface area (Å²) in [4.78, 5) is 8.39. The molecule has 0 bridgehead atoms. The fraction of sp³-hybridized carbons (Fsp3) is 0.294. The van der Waals surface area contributed by atoms with Gasteiger partial charge in [0.05, 0.1) is 23.3 Å². The maximum Gasteiger partial charge on any atom is 0.416 e. The van der Waals surface area contributed by atoms with Gasteiger partial charge in [0, 0.05) is 11.0 Å². The highest BCUT2D eigenvalue weighted by Crippen LogP contribution is 2.40. The van der Waals surface area contributed by atoms with Gasteiger partial charge in [0.15, 0.2) is 11.5 Å². The largest absolute Gasteiger partial charge is 0.416 e.